The zero-order valence-electron chi connectivity index (χ0n) is 9.42. The van der Waals surface area contributed by atoms with Crippen molar-refractivity contribution in [2.75, 3.05) is 6.54 Å². The molecule has 1 aromatic heterocycles. The van der Waals surface area contributed by atoms with E-state index in [9.17, 15) is 4.79 Å². The fourth-order valence-electron chi connectivity index (χ4n) is 1.51. The zero-order valence-corrected chi connectivity index (χ0v) is 11.1. The van der Waals surface area contributed by atoms with Crippen molar-refractivity contribution < 1.29 is 4.79 Å². The van der Waals surface area contributed by atoms with Crippen LogP contribution in [0.2, 0.25) is 0 Å². The molecule has 2 rings (SSSR count). The van der Waals surface area contributed by atoms with Gasteiger partial charge in [-0.2, -0.15) is 0 Å². The molecule has 1 aliphatic heterocycles. The first kappa shape index (κ1) is 12.3. The molecule has 1 aliphatic rings. The van der Waals surface area contributed by atoms with E-state index in [1.54, 1.807) is 17.2 Å². The van der Waals surface area contributed by atoms with Gasteiger partial charge in [0.25, 0.3) is 5.91 Å². The predicted octanol–water partition coefficient (Wildman–Crippen LogP) is 2.69. The molecule has 0 N–H and O–H groups in total. The third kappa shape index (κ3) is 2.73. The van der Waals surface area contributed by atoms with Crippen LogP contribution in [0.25, 0.3) is 6.08 Å². The lowest BCUT2D eigenvalue weighted by atomic mass is 10.3. The van der Waals surface area contributed by atoms with Gasteiger partial charge in [-0.05, 0) is 24.6 Å². The first-order valence-corrected chi connectivity index (χ1v) is 6.61. The summed E-state index contributed by atoms with van der Waals surface area (Å²) < 4.78 is 0.638. The quantitative estimate of drug-likeness (QED) is 0.621. The Labute approximate surface area is 110 Å². The molecular formula is C12H12N2OS2. The highest BCUT2D eigenvalue weighted by molar-refractivity contribution is 8.26. The minimum Gasteiger partial charge on any atom is -0.293 e. The SMILES string of the molecule is CCCN1C(=O)/C(=C/c2ccccn2)SC1=S. The number of hydrogen-bond donors (Lipinski definition) is 0. The standard InChI is InChI=1S/C12H12N2OS2/c1-2-7-14-11(15)10(17-12(14)16)8-9-5-3-4-6-13-9/h3-6,8H,2,7H2,1H3/b10-8-. The Kier molecular flexibility index (Phi) is 3.91. The summed E-state index contributed by atoms with van der Waals surface area (Å²) in [5, 5.41) is 0. The van der Waals surface area contributed by atoms with Crippen LogP contribution in [0.15, 0.2) is 29.3 Å². The number of aromatic nitrogens is 1. The molecule has 17 heavy (non-hydrogen) atoms. The van der Waals surface area contributed by atoms with E-state index in [0.29, 0.717) is 15.8 Å². The molecule has 1 aromatic rings. The maximum atomic E-state index is 12.0. The molecule has 0 radical (unpaired) electrons. The maximum absolute atomic E-state index is 12.0. The van der Waals surface area contributed by atoms with Crippen LogP contribution in [0.5, 0.6) is 0 Å². The largest absolute Gasteiger partial charge is 0.293 e. The van der Waals surface area contributed by atoms with Gasteiger partial charge in [0.05, 0.1) is 10.6 Å². The van der Waals surface area contributed by atoms with E-state index >= 15 is 0 Å². The first-order valence-electron chi connectivity index (χ1n) is 5.38. The predicted molar refractivity (Wildman–Crippen MR) is 74.4 cm³/mol. The minimum absolute atomic E-state index is 0.00694. The van der Waals surface area contributed by atoms with Gasteiger partial charge in [0.2, 0.25) is 0 Å². The molecule has 0 spiro atoms. The molecule has 0 saturated carbocycles. The molecule has 1 fully saturated rings. The van der Waals surface area contributed by atoms with Crippen LogP contribution in [-0.4, -0.2) is 26.7 Å². The van der Waals surface area contributed by atoms with Gasteiger partial charge in [-0.1, -0.05) is 37.0 Å². The number of thioether (sulfide) groups is 1. The third-order valence-electron chi connectivity index (χ3n) is 2.29. The number of nitrogens with zero attached hydrogens (tertiary/aromatic N) is 2. The lowest BCUT2D eigenvalue weighted by Crippen LogP contribution is -2.28. The monoisotopic (exact) mass is 264 g/mol. The number of carbonyl (C=O) groups excluding carboxylic acids is 1. The highest BCUT2D eigenvalue weighted by atomic mass is 32.2. The summed E-state index contributed by atoms with van der Waals surface area (Å²) in [7, 11) is 0. The van der Waals surface area contributed by atoms with Crippen molar-refractivity contribution in [1.29, 1.82) is 0 Å². The van der Waals surface area contributed by atoms with Crippen LogP contribution in [-0.2, 0) is 4.79 Å². The van der Waals surface area contributed by atoms with Crippen LogP contribution < -0.4 is 0 Å². The Bertz CT molecular complexity index is 471. The number of thiocarbonyl (C=S) groups is 1. The molecule has 1 saturated heterocycles. The van der Waals surface area contributed by atoms with Crippen molar-refractivity contribution >= 4 is 40.3 Å². The molecule has 0 atom stereocenters. The molecule has 0 aliphatic carbocycles. The van der Waals surface area contributed by atoms with E-state index in [2.05, 4.69) is 4.98 Å². The van der Waals surface area contributed by atoms with Crippen molar-refractivity contribution in [1.82, 2.24) is 9.88 Å². The highest BCUT2D eigenvalue weighted by Crippen LogP contribution is 2.32. The molecule has 0 unspecified atom stereocenters. The lowest BCUT2D eigenvalue weighted by molar-refractivity contribution is -0.122. The van der Waals surface area contributed by atoms with Crippen molar-refractivity contribution in [3.8, 4) is 0 Å². The van der Waals surface area contributed by atoms with Crippen LogP contribution in [0, 0.1) is 0 Å². The van der Waals surface area contributed by atoms with E-state index in [-0.39, 0.29) is 5.91 Å². The van der Waals surface area contributed by atoms with E-state index in [0.717, 1.165) is 12.1 Å². The normalized spacial score (nSPS) is 18.2. The number of hydrogen-bond acceptors (Lipinski definition) is 4. The molecule has 88 valence electrons. The number of rotatable bonds is 3. The second-order valence-electron chi connectivity index (χ2n) is 3.59. The van der Waals surface area contributed by atoms with Crippen LogP contribution in [0.1, 0.15) is 19.0 Å². The van der Waals surface area contributed by atoms with Crippen molar-refractivity contribution in [2.24, 2.45) is 0 Å². The van der Waals surface area contributed by atoms with E-state index in [1.165, 1.54) is 11.8 Å². The summed E-state index contributed by atoms with van der Waals surface area (Å²) in [4.78, 5) is 18.5. The Balaban J connectivity index is 2.22. The Hall–Kier alpha value is -1.20. The van der Waals surface area contributed by atoms with E-state index in [4.69, 9.17) is 12.2 Å². The average Bonchev–Trinajstić information content (AvgIpc) is 2.59. The summed E-state index contributed by atoms with van der Waals surface area (Å²) in [6.07, 6.45) is 4.40. The van der Waals surface area contributed by atoms with E-state index in [1.807, 2.05) is 25.1 Å². The maximum Gasteiger partial charge on any atom is 0.266 e. The van der Waals surface area contributed by atoms with Gasteiger partial charge in [0.1, 0.15) is 4.32 Å². The van der Waals surface area contributed by atoms with Gasteiger partial charge in [-0.3, -0.25) is 14.7 Å². The summed E-state index contributed by atoms with van der Waals surface area (Å²) >= 11 is 6.53. The molecule has 5 heteroatoms. The third-order valence-corrected chi connectivity index (χ3v) is 3.67. The lowest BCUT2D eigenvalue weighted by Gasteiger charge is -2.11. The Morgan fingerprint density at radius 3 is 3.00 bits per heavy atom. The fourth-order valence-corrected chi connectivity index (χ4v) is 2.81. The summed E-state index contributed by atoms with van der Waals surface area (Å²) in [5.41, 5.74) is 0.782. The van der Waals surface area contributed by atoms with Crippen LogP contribution in [0.4, 0.5) is 0 Å². The fraction of sp³-hybridized carbons (Fsp3) is 0.250. The number of pyridine rings is 1. The van der Waals surface area contributed by atoms with Gasteiger partial charge < -0.3 is 0 Å². The van der Waals surface area contributed by atoms with Crippen LogP contribution >= 0.6 is 24.0 Å². The van der Waals surface area contributed by atoms with Crippen molar-refractivity contribution in [3.63, 3.8) is 0 Å². The number of carbonyl (C=O) groups is 1. The smallest absolute Gasteiger partial charge is 0.266 e. The van der Waals surface area contributed by atoms with Gasteiger partial charge in [0, 0.05) is 12.7 Å². The zero-order chi connectivity index (χ0) is 12.3. The Morgan fingerprint density at radius 2 is 2.35 bits per heavy atom. The van der Waals surface area contributed by atoms with E-state index < -0.39 is 0 Å². The second-order valence-corrected chi connectivity index (χ2v) is 5.26. The minimum atomic E-state index is -0.00694. The van der Waals surface area contributed by atoms with Crippen molar-refractivity contribution in [2.45, 2.75) is 13.3 Å². The molecule has 1 amide bonds. The van der Waals surface area contributed by atoms with Crippen LogP contribution in [0.3, 0.4) is 0 Å². The molecule has 0 bridgehead atoms. The topological polar surface area (TPSA) is 33.2 Å². The Morgan fingerprint density at radius 1 is 1.53 bits per heavy atom. The molecule has 0 aromatic carbocycles. The molecular weight excluding hydrogens is 252 g/mol. The summed E-state index contributed by atoms with van der Waals surface area (Å²) in [5.74, 6) is -0.00694. The van der Waals surface area contributed by atoms with Gasteiger partial charge in [0.15, 0.2) is 0 Å². The molecule has 2 heterocycles. The summed E-state index contributed by atoms with van der Waals surface area (Å²) in [6.45, 7) is 2.71. The molecule has 3 nitrogen and oxygen atoms in total. The van der Waals surface area contributed by atoms with Gasteiger partial charge in [-0.15, -0.1) is 0 Å². The van der Waals surface area contributed by atoms with Gasteiger partial charge in [-0.25, -0.2) is 0 Å². The van der Waals surface area contributed by atoms with Crippen molar-refractivity contribution in [3.05, 3.63) is 35.0 Å². The summed E-state index contributed by atoms with van der Waals surface area (Å²) in [6, 6.07) is 5.61. The first-order chi connectivity index (χ1) is 8.22. The second kappa shape index (κ2) is 5.42. The highest BCUT2D eigenvalue weighted by Gasteiger charge is 2.31. The van der Waals surface area contributed by atoms with Gasteiger partial charge >= 0.3 is 0 Å². The average molecular weight is 264 g/mol. The number of amides is 1.